The maximum Gasteiger partial charge on any atom is 0.417 e. The Morgan fingerprint density at radius 2 is 1.86 bits per heavy atom. The van der Waals surface area contributed by atoms with E-state index in [4.69, 9.17) is 10.5 Å². The molecule has 1 amide bonds. The first-order valence-electron chi connectivity index (χ1n) is 11.1. The Morgan fingerprint density at radius 1 is 1.14 bits per heavy atom. The number of nitrogens with two attached hydrogens (primary N) is 1. The zero-order valence-electron chi connectivity index (χ0n) is 19.0. The van der Waals surface area contributed by atoms with Crippen molar-refractivity contribution < 1.29 is 22.7 Å². The Morgan fingerprint density at radius 3 is 2.51 bits per heavy atom. The van der Waals surface area contributed by atoms with Gasteiger partial charge < -0.3 is 20.7 Å². The Balaban J connectivity index is 1.48. The van der Waals surface area contributed by atoms with Gasteiger partial charge >= 0.3 is 6.18 Å². The molecule has 1 saturated heterocycles. The molecule has 0 radical (unpaired) electrons. The standard InChI is InChI=1S/C24H25F3N6O2/c1-15(32-23(34)20-11-22(31-14-30-20)33-6-8-35-9-7-33)16-2-4-17(5-3-16)19-10-18(24(25,26)27)13-29-21(19)12-28/h2-5,10-11,13-15H,6-9,12,28H2,1H3,(H,32,34)/t15-/m1/s1. The van der Waals surface area contributed by atoms with E-state index in [1.54, 1.807) is 30.3 Å². The van der Waals surface area contributed by atoms with E-state index >= 15 is 0 Å². The van der Waals surface area contributed by atoms with Crippen LogP contribution in [0.4, 0.5) is 19.0 Å². The molecule has 3 aromatic rings. The molecule has 1 atom stereocenters. The van der Waals surface area contributed by atoms with Crippen molar-refractivity contribution in [1.82, 2.24) is 20.3 Å². The van der Waals surface area contributed by atoms with Crippen LogP contribution in [0.1, 0.15) is 40.3 Å². The summed E-state index contributed by atoms with van der Waals surface area (Å²) < 4.78 is 44.8. The molecular formula is C24H25F3N6O2. The van der Waals surface area contributed by atoms with E-state index in [1.165, 1.54) is 6.33 Å². The molecule has 0 spiro atoms. The lowest BCUT2D eigenvalue weighted by atomic mass is 9.98. The normalized spacial score (nSPS) is 15.1. The van der Waals surface area contributed by atoms with Crippen LogP contribution >= 0.6 is 0 Å². The van der Waals surface area contributed by atoms with Crippen LogP contribution in [0.25, 0.3) is 11.1 Å². The van der Waals surface area contributed by atoms with Crippen LogP contribution in [0.15, 0.2) is 48.9 Å². The summed E-state index contributed by atoms with van der Waals surface area (Å²) >= 11 is 0. The molecule has 11 heteroatoms. The molecule has 1 aliphatic heterocycles. The fraction of sp³-hybridized carbons (Fsp3) is 0.333. The summed E-state index contributed by atoms with van der Waals surface area (Å²) in [5.74, 6) is 0.307. The van der Waals surface area contributed by atoms with Crippen LogP contribution < -0.4 is 16.0 Å². The maximum absolute atomic E-state index is 13.2. The largest absolute Gasteiger partial charge is 0.417 e. The molecule has 0 bridgehead atoms. The van der Waals surface area contributed by atoms with Gasteiger partial charge in [-0.3, -0.25) is 9.78 Å². The van der Waals surface area contributed by atoms with Gasteiger partial charge in [-0.15, -0.1) is 0 Å². The summed E-state index contributed by atoms with van der Waals surface area (Å²) in [6.07, 6.45) is -2.36. The molecule has 0 aliphatic carbocycles. The fourth-order valence-electron chi connectivity index (χ4n) is 3.80. The van der Waals surface area contributed by atoms with Gasteiger partial charge in [0.2, 0.25) is 0 Å². The maximum atomic E-state index is 13.2. The third-order valence-corrected chi connectivity index (χ3v) is 5.78. The average molecular weight is 486 g/mol. The van der Waals surface area contributed by atoms with Crippen molar-refractivity contribution in [3.63, 3.8) is 0 Å². The zero-order valence-corrected chi connectivity index (χ0v) is 19.0. The lowest BCUT2D eigenvalue weighted by Crippen LogP contribution is -2.37. The molecule has 35 heavy (non-hydrogen) atoms. The van der Waals surface area contributed by atoms with E-state index < -0.39 is 11.7 Å². The van der Waals surface area contributed by atoms with Crippen LogP contribution in [-0.4, -0.2) is 47.2 Å². The number of pyridine rings is 1. The van der Waals surface area contributed by atoms with Gasteiger partial charge in [0.05, 0.1) is 30.5 Å². The molecule has 184 valence electrons. The van der Waals surface area contributed by atoms with E-state index in [9.17, 15) is 18.0 Å². The number of anilines is 1. The highest BCUT2D eigenvalue weighted by molar-refractivity contribution is 5.93. The molecule has 0 unspecified atom stereocenters. The zero-order chi connectivity index (χ0) is 25.0. The molecule has 1 fully saturated rings. The van der Waals surface area contributed by atoms with Crippen LogP contribution in [0.5, 0.6) is 0 Å². The molecule has 1 aromatic carbocycles. The third-order valence-electron chi connectivity index (χ3n) is 5.78. The van der Waals surface area contributed by atoms with E-state index in [1.807, 2.05) is 11.8 Å². The number of halogens is 3. The lowest BCUT2D eigenvalue weighted by Gasteiger charge is -2.27. The van der Waals surface area contributed by atoms with Crippen molar-refractivity contribution in [2.75, 3.05) is 31.2 Å². The third kappa shape index (κ3) is 5.75. The molecule has 0 saturated carbocycles. The Hall–Kier alpha value is -3.57. The number of rotatable bonds is 6. The van der Waals surface area contributed by atoms with Crippen LogP contribution in [0.3, 0.4) is 0 Å². The number of aromatic nitrogens is 3. The molecule has 3 heterocycles. The second kappa shape index (κ2) is 10.4. The van der Waals surface area contributed by atoms with E-state index in [-0.39, 0.29) is 24.2 Å². The number of hydrogen-bond donors (Lipinski definition) is 2. The number of carbonyl (C=O) groups excluding carboxylic acids is 1. The monoisotopic (exact) mass is 486 g/mol. The number of morpholine rings is 1. The summed E-state index contributed by atoms with van der Waals surface area (Å²) in [6, 6.07) is 9.21. The predicted molar refractivity (Wildman–Crippen MR) is 124 cm³/mol. The average Bonchev–Trinajstić information content (AvgIpc) is 2.88. The smallest absolute Gasteiger partial charge is 0.378 e. The van der Waals surface area contributed by atoms with Crippen molar-refractivity contribution in [1.29, 1.82) is 0 Å². The van der Waals surface area contributed by atoms with Gasteiger partial charge in [0, 0.05) is 37.5 Å². The van der Waals surface area contributed by atoms with Crippen molar-refractivity contribution in [3.8, 4) is 11.1 Å². The quantitative estimate of drug-likeness (QED) is 0.550. The Bertz CT molecular complexity index is 1180. The van der Waals surface area contributed by atoms with Gasteiger partial charge in [0.15, 0.2) is 0 Å². The Labute approximate surface area is 200 Å². The van der Waals surface area contributed by atoms with E-state index in [0.29, 0.717) is 48.9 Å². The second-order valence-corrected chi connectivity index (χ2v) is 8.10. The first-order valence-corrected chi connectivity index (χ1v) is 11.1. The molecule has 1 aliphatic rings. The number of benzene rings is 1. The summed E-state index contributed by atoms with van der Waals surface area (Å²) in [5.41, 5.74) is 7.11. The topological polar surface area (TPSA) is 106 Å². The minimum Gasteiger partial charge on any atom is -0.378 e. The van der Waals surface area contributed by atoms with Crippen LogP contribution in [0, 0.1) is 0 Å². The SMILES string of the molecule is C[C@@H](NC(=O)c1cc(N2CCOCC2)ncn1)c1ccc(-c2cc(C(F)(F)F)cnc2CN)cc1. The highest BCUT2D eigenvalue weighted by Crippen LogP contribution is 2.33. The van der Waals surface area contributed by atoms with Crippen molar-refractivity contribution in [2.45, 2.75) is 25.7 Å². The van der Waals surface area contributed by atoms with E-state index in [0.717, 1.165) is 17.8 Å². The number of nitrogens with one attached hydrogen (secondary N) is 1. The van der Waals surface area contributed by atoms with Gasteiger partial charge in [-0.25, -0.2) is 9.97 Å². The van der Waals surface area contributed by atoms with Crippen LogP contribution in [0.2, 0.25) is 0 Å². The first-order chi connectivity index (χ1) is 16.8. The minimum absolute atomic E-state index is 0.00700. The highest BCUT2D eigenvalue weighted by Gasteiger charge is 2.31. The number of carbonyl (C=O) groups is 1. The summed E-state index contributed by atoms with van der Waals surface area (Å²) in [7, 11) is 0. The summed E-state index contributed by atoms with van der Waals surface area (Å²) in [4.78, 5) is 27.1. The molecule has 4 rings (SSSR count). The molecule has 2 aromatic heterocycles. The summed E-state index contributed by atoms with van der Waals surface area (Å²) in [5, 5.41) is 2.90. The van der Waals surface area contributed by atoms with Gasteiger partial charge in [0.25, 0.3) is 5.91 Å². The summed E-state index contributed by atoms with van der Waals surface area (Å²) in [6.45, 7) is 4.40. The van der Waals surface area contributed by atoms with Gasteiger partial charge in [-0.05, 0) is 24.1 Å². The van der Waals surface area contributed by atoms with E-state index in [2.05, 4.69) is 20.3 Å². The minimum atomic E-state index is -4.50. The number of ether oxygens (including phenoxy) is 1. The van der Waals surface area contributed by atoms with Crippen LogP contribution in [-0.2, 0) is 17.5 Å². The lowest BCUT2D eigenvalue weighted by molar-refractivity contribution is -0.137. The first kappa shape index (κ1) is 24.6. The van der Waals surface area contributed by atoms with Crippen molar-refractivity contribution in [2.24, 2.45) is 5.73 Å². The predicted octanol–water partition coefficient (Wildman–Crippen LogP) is 3.34. The highest BCUT2D eigenvalue weighted by atomic mass is 19.4. The molecule has 3 N–H and O–H groups in total. The number of amides is 1. The Kier molecular flexibility index (Phi) is 7.27. The number of alkyl halides is 3. The second-order valence-electron chi connectivity index (χ2n) is 8.10. The number of hydrogen-bond acceptors (Lipinski definition) is 7. The van der Waals surface area contributed by atoms with Crippen molar-refractivity contribution >= 4 is 11.7 Å². The van der Waals surface area contributed by atoms with Crippen molar-refractivity contribution in [3.05, 3.63) is 71.4 Å². The van der Waals surface area contributed by atoms with Gasteiger partial charge in [0.1, 0.15) is 17.8 Å². The van der Waals surface area contributed by atoms with Gasteiger partial charge in [-0.1, -0.05) is 24.3 Å². The molecule has 8 nitrogen and oxygen atoms in total. The number of nitrogens with zero attached hydrogens (tertiary/aromatic N) is 4. The van der Waals surface area contributed by atoms with Gasteiger partial charge in [-0.2, -0.15) is 13.2 Å². The molecular weight excluding hydrogens is 461 g/mol. The fourth-order valence-corrected chi connectivity index (χ4v) is 3.80.